The van der Waals surface area contributed by atoms with Crippen molar-refractivity contribution in [2.75, 3.05) is 11.9 Å². The molecule has 0 spiro atoms. The van der Waals surface area contributed by atoms with Gasteiger partial charge in [-0.05, 0) is 41.3 Å². The number of rotatable bonds is 10. The second-order valence-electron chi connectivity index (χ2n) is 8.69. The summed E-state index contributed by atoms with van der Waals surface area (Å²) in [4.78, 5) is 13.7. The zero-order valence-electron chi connectivity index (χ0n) is 19.8. The highest BCUT2D eigenvalue weighted by molar-refractivity contribution is 5.80. The molecule has 0 fully saturated rings. The molecule has 34 heavy (non-hydrogen) atoms. The summed E-state index contributed by atoms with van der Waals surface area (Å²) in [6, 6.07) is 23.3. The molecule has 0 amide bonds. The van der Waals surface area contributed by atoms with Crippen LogP contribution in [0, 0.1) is 0 Å². The quantitative estimate of drug-likeness (QED) is 0.324. The minimum absolute atomic E-state index is 0.247. The summed E-state index contributed by atoms with van der Waals surface area (Å²) in [6.45, 7) is 5.54. The van der Waals surface area contributed by atoms with Crippen molar-refractivity contribution in [3.8, 4) is 22.4 Å². The first-order valence-corrected chi connectivity index (χ1v) is 11.7. The first kappa shape index (κ1) is 23.5. The average molecular weight is 453 g/mol. The van der Waals surface area contributed by atoms with Crippen molar-refractivity contribution in [1.82, 2.24) is 20.3 Å². The Morgan fingerprint density at radius 1 is 0.882 bits per heavy atom. The molecule has 174 valence electrons. The van der Waals surface area contributed by atoms with E-state index in [1.54, 1.807) is 12.4 Å². The highest BCUT2D eigenvalue weighted by Crippen LogP contribution is 2.31. The molecule has 0 aliphatic rings. The van der Waals surface area contributed by atoms with Crippen LogP contribution in [-0.2, 0) is 13.0 Å². The van der Waals surface area contributed by atoms with Gasteiger partial charge in [0.25, 0.3) is 0 Å². The molecule has 0 bridgehead atoms. The molecule has 6 nitrogen and oxygen atoms in total. The van der Waals surface area contributed by atoms with Crippen molar-refractivity contribution in [3.63, 3.8) is 0 Å². The van der Waals surface area contributed by atoms with Crippen LogP contribution in [0.3, 0.4) is 0 Å². The Labute approximate surface area is 201 Å². The number of hydrogen-bond donors (Lipinski definition) is 3. The fraction of sp³-hybridized carbons (Fsp3) is 0.250. The normalized spacial score (nSPS) is 12.0. The lowest BCUT2D eigenvalue weighted by Gasteiger charge is -2.22. The molecule has 6 heteroatoms. The summed E-state index contributed by atoms with van der Waals surface area (Å²) in [5.41, 5.74) is 12.1. The molecule has 4 rings (SSSR count). The van der Waals surface area contributed by atoms with Crippen LogP contribution in [-0.4, -0.2) is 33.6 Å². The second-order valence-corrected chi connectivity index (χ2v) is 8.69. The number of hydrogen-bond acceptors (Lipinski definition) is 6. The third-order valence-electron chi connectivity index (χ3n) is 5.62. The summed E-state index contributed by atoms with van der Waals surface area (Å²) in [5.74, 6) is 0.606. The van der Waals surface area contributed by atoms with Crippen LogP contribution in [0.4, 0.5) is 5.95 Å². The van der Waals surface area contributed by atoms with Crippen LogP contribution < -0.4 is 16.4 Å². The Morgan fingerprint density at radius 2 is 1.65 bits per heavy atom. The molecular formula is C28H32N6. The van der Waals surface area contributed by atoms with Crippen molar-refractivity contribution < 1.29 is 0 Å². The maximum Gasteiger partial charge on any atom is 0.223 e. The number of aromatic nitrogens is 3. The molecule has 4 N–H and O–H groups in total. The molecule has 2 aromatic carbocycles. The van der Waals surface area contributed by atoms with Gasteiger partial charge in [0, 0.05) is 54.9 Å². The third kappa shape index (κ3) is 6.25. The zero-order valence-corrected chi connectivity index (χ0v) is 19.8. The van der Waals surface area contributed by atoms with Gasteiger partial charge in [0.15, 0.2) is 0 Å². The van der Waals surface area contributed by atoms with E-state index in [0.29, 0.717) is 25.1 Å². The van der Waals surface area contributed by atoms with Crippen molar-refractivity contribution in [1.29, 1.82) is 0 Å². The van der Waals surface area contributed by atoms with E-state index in [9.17, 15) is 0 Å². The predicted octanol–water partition coefficient (Wildman–Crippen LogP) is 4.69. The largest absolute Gasteiger partial charge is 0.353 e. The summed E-state index contributed by atoms with van der Waals surface area (Å²) < 4.78 is 0. The van der Waals surface area contributed by atoms with Crippen LogP contribution in [0.1, 0.15) is 25.0 Å². The molecule has 0 saturated carbocycles. The Hall–Kier alpha value is -3.61. The molecular weight excluding hydrogens is 420 g/mol. The third-order valence-corrected chi connectivity index (χ3v) is 5.62. The van der Waals surface area contributed by atoms with Gasteiger partial charge in [0.2, 0.25) is 5.95 Å². The van der Waals surface area contributed by atoms with Crippen molar-refractivity contribution in [2.24, 2.45) is 5.73 Å². The smallest absolute Gasteiger partial charge is 0.223 e. The van der Waals surface area contributed by atoms with E-state index in [2.05, 4.69) is 70.8 Å². The molecule has 0 saturated heterocycles. The Balaban J connectivity index is 1.60. The Kier molecular flexibility index (Phi) is 7.96. The number of nitrogens with one attached hydrogen (secondary N) is 2. The minimum Gasteiger partial charge on any atom is -0.353 e. The van der Waals surface area contributed by atoms with Crippen molar-refractivity contribution >= 4 is 5.95 Å². The minimum atomic E-state index is 0.247. The first-order valence-electron chi connectivity index (χ1n) is 11.7. The first-order chi connectivity index (χ1) is 16.6. The van der Waals surface area contributed by atoms with Crippen LogP contribution in [0.25, 0.3) is 22.4 Å². The van der Waals surface area contributed by atoms with E-state index in [0.717, 1.165) is 34.4 Å². The van der Waals surface area contributed by atoms with Gasteiger partial charge < -0.3 is 16.4 Å². The van der Waals surface area contributed by atoms with Crippen LogP contribution in [0.15, 0.2) is 85.3 Å². The molecule has 4 aromatic rings. The van der Waals surface area contributed by atoms with Crippen molar-refractivity contribution in [2.45, 2.75) is 38.9 Å². The van der Waals surface area contributed by atoms with Gasteiger partial charge in [-0.3, -0.25) is 4.98 Å². The average Bonchev–Trinajstić information content (AvgIpc) is 2.88. The summed E-state index contributed by atoms with van der Waals surface area (Å²) in [6.07, 6.45) is 6.39. The number of anilines is 1. The van der Waals surface area contributed by atoms with E-state index in [-0.39, 0.29) is 6.04 Å². The monoisotopic (exact) mass is 452 g/mol. The zero-order chi connectivity index (χ0) is 23.8. The summed E-state index contributed by atoms with van der Waals surface area (Å²) in [5, 5.41) is 7.12. The van der Waals surface area contributed by atoms with E-state index >= 15 is 0 Å². The second kappa shape index (κ2) is 11.5. The van der Waals surface area contributed by atoms with Gasteiger partial charge in [-0.2, -0.15) is 0 Å². The van der Waals surface area contributed by atoms with Crippen LogP contribution in [0.2, 0.25) is 0 Å². The van der Waals surface area contributed by atoms with E-state index in [4.69, 9.17) is 10.7 Å². The molecule has 0 unspecified atom stereocenters. The van der Waals surface area contributed by atoms with Crippen molar-refractivity contribution in [3.05, 3.63) is 96.4 Å². The lowest BCUT2D eigenvalue weighted by Crippen LogP contribution is -2.41. The lowest BCUT2D eigenvalue weighted by atomic mass is 10.00. The number of pyridine rings is 1. The van der Waals surface area contributed by atoms with Gasteiger partial charge in [0.1, 0.15) is 0 Å². The maximum absolute atomic E-state index is 5.87. The molecule has 1 atom stereocenters. The number of nitrogens with two attached hydrogens (primary N) is 1. The predicted molar refractivity (Wildman–Crippen MR) is 139 cm³/mol. The Morgan fingerprint density at radius 3 is 2.38 bits per heavy atom. The molecule has 0 radical (unpaired) electrons. The van der Waals surface area contributed by atoms with Crippen LogP contribution >= 0.6 is 0 Å². The van der Waals surface area contributed by atoms with Gasteiger partial charge in [-0.15, -0.1) is 0 Å². The fourth-order valence-corrected chi connectivity index (χ4v) is 4.05. The lowest BCUT2D eigenvalue weighted by molar-refractivity contribution is 0.473. The molecule has 2 aromatic heterocycles. The summed E-state index contributed by atoms with van der Waals surface area (Å²) in [7, 11) is 0. The SMILES string of the molecule is CC(C)N[C@H](CNc1ncc(-c2cccc(CN)c2)c(-c2ccncc2)n1)Cc1ccccc1. The number of nitrogens with zero attached hydrogens (tertiary/aromatic N) is 3. The highest BCUT2D eigenvalue weighted by Gasteiger charge is 2.15. The highest BCUT2D eigenvalue weighted by atomic mass is 15.1. The van der Waals surface area contributed by atoms with E-state index in [1.165, 1.54) is 5.56 Å². The molecule has 0 aliphatic carbocycles. The van der Waals surface area contributed by atoms with Gasteiger partial charge in [-0.1, -0.05) is 62.4 Å². The van der Waals surface area contributed by atoms with E-state index < -0.39 is 0 Å². The van der Waals surface area contributed by atoms with E-state index in [1.807, 2.05) is 36.5 Å². The van der Waals surface area contributed by atoms with Crippen LogP contribution in [0.5, 0.6) is 0 Å². The van der Waals surface area contributed by atoms with Gasteiger partial charge in [-0.25, -0.2) is 9.97 Å². The number of benzene rings is 2. The molecule has 2 heterocycles. The Bertz CT molecular complexity index is 1180. The standard InChI is InChI=1S/C28H32N6/c1-20(2)33-25(16-21-7-4-3-5-8-21)18-31-28-32-19-26(24-10-6-9-22(15-24)17-29)27(34-28)23-11-13-30-14-12-23/h3-15,19-20,25,33H,16-18,29H2,1-2H3,(H,31,32,34)/t25-/m0/s1. The maximum atomic E-state index is 5.87. The topological polar surface area (TPSA) is 88.8 Å². The fourth-order valence-electron chi connectivity index (χ4n) is 4.05. The molecule has 0 aliphatic heterocycles. The van der Waals surface area contributed by atoms with Gasteiger partial charge in [0.05, 0.1) is 5.69 Å². The summed E-state index contributed by atoms with van der Waals surface area (Å²) >= 11 is 0. The van der Waals surface area contributed by atoms with Gasteiger partial charge >= 0.3 is 0 Å².